The summed E-state index contributed by atoms with van der Waals surface area (Å²) in [6.07, 6.45) is -0.0561. The number of aldehydes is 1. The fourth-order valence-electron chi connectivity index (χ4n) is 1.84. The van der Waals surface area contributed by atoms with Gasteiger partial charge in [0.25, 0.3) is 0 Å². The Morgan fingerprint density at radius 2 is 2.00 bits per heavy atom. The van der Waals surface area contributed by atoms with Gasteiger partial charge in [-0.2, -0.15) is 0 Å². The molecule has 4 atom stereocenters. The molecule has 2 aliphatic rings. The van der Waals surface area contributed by atoms with E-state index < -0.39 is 5.79 Å². The van der Waals surface area contributed by atoms with Crippen molar-refractivity contribution in [3.05, 3.63) is 0 Å². The first-order valence-corrected chi connectivity index (χ1v) is 4.50. The van der Waals surface area contributed by atoms with Gasteiger partial charge in [0, 0.05) is 5.92 Å². The van der Waals surface area contributed by atoms with Gasteiger partial charge in [-0.25, -0.2) is 0 Å². The SMILES string of the molecule is C[C@@H]1[C@@H](C=O)OC2OC(C)(C)O[C@@H]21. The van der Waals surface area contributed by atoms with E-state index in [1.807, 2.05) is 20.8 Å². The molecule has 0 spiro atoms. The molecule has 0 saturated carbocycles. The zero-order valence-electron chi connectivity index (χ0n) is 8.02. The summed E-state index contributed by atoms with van der Waals surface area (Å²) in [7, 11) is 0. The number of carbonyl (C=O) groups excluding carboxylic acids is 1. The van der Waals surface area contributed by atoms with E-state index >= 15 is 0 Å². The number of ether oxygens (including phenoxy) is 3. The van der Waals surface area contributed by atoms with Crippen molar-refractivity contribution in [2.24, 2.45) is 5.92 Å². The molecule has 2 heterocycles. The summed E-state index contributed by atoms with van der Waals surface area (Å²) in [6, 6.07) is 0. The standard InChI is InChI=1S/C9H14O4/c1-5-6(4-10)11-8-7(5)12-9(2,3)13-8/h4-8H,1-3H3/t5-,6-,7-,8?/m1/s1. The molecule has 4 nitrogen and oxygen atoms in total. The summed E-state index contributed by atoms with van der Waals surface area (Å²) in [4.78, 5) is 10.6. The van der Waals surface area contributed by atoms with E-state index in [0.717, 1.165) is 6.29 Å². The van der Waals surface area contributed by atoms with Crippen LogP contribution in [0.5, 0.6) is 0 Å². The largest absolute Gasteiger partial charge is 0.341 e. The maximum atomic E-state index is 10.6. The minimum Gasteiger partial charge on any atom is -0.341 e. The van der Waals surface area contributed by atoms with E-state index in [2.05, 4.69) is 0 Å². The molecule has 0 bridgehead atoms. The predicted octanol–water partition coefficient (Wildman–Crippen LogP) is 0.698. The number of hydrogen-bond donors (Lipinski definition) is 0. The molecule has 2 saturated heterocycles. The summed E-state index contributed by atoms with van der Waals surface area (Å²) < 4.78 is 16.4. The molecular weight excluding hydrogens is 172 g/mol. The maximum absolute atomic E-state index is 10.6. The van der Waals surface area contributed by atoms with E-state index in [9.17, 15) is 4.79 Å². The third-order valence-corrected chi connectivity index (χ3v) is 2.55. The highest BCUT2D eigenvalue weighted by molar-refractivity contribution is 5.57. The highest BCUT2D eigenvalue weighted by Crippen LogP contribution is 2.39. The molecule has 1 unspecified atom stereocenters. The lowest BCUT2D eigenvalue weighted by Crippen LogP contribution is -2.29. The highest BCUT2D eigenvalue weighted by atomic mass is 16.8. The zero-order valence-corrected chi connectivity index (χ0v) is 8.02. The quantitative estimate of drug-likeness (QED) is 0.565. The third-order valence-electron chi connectivity index (χ3n) is 2.55. The summed E-state index contributed by atoms with van der Waals surface area (Å²) in [6.45, 7) is 5.63. The fraction of sp³-hybridized carbons (Fsp3) is 0.889. The van der Waals surface area contributed by atoms with Gasteiger partial charge in [-0.15, -0.1) is 0 Å². The van der Waals surface area contributed by atoms with Gasteiger partial charge in [-0.1, -0.05) is 6.92 Å². The molecule has 2 aliphatic heterocycles. The monoisotopic (exact) mass is 186 g/mol. The average Bonchev–Trinajstić information content (AvgIpc) is 2.47. The van der Waals surface area contributed by atoms with E-state index in [1.54, 1.807) is 0 Å². The second-order valence-corrected chi connectivity index (χ2v) is 4.06. The van der Waals surface area contributed by atoms with Crippen LogP contribution in [-0.4, -0.2) is 30.6 Å². The Morgan fingerprint density at radius 1 is 1.31 bits per heavy atom. The predicted molar refractivity (Wildman–Crippen MR) is 43.9 cm³/mol. The minimum atomic E-state index is -0.586. The molecule has 0 aromatic heterocycles. The van der Waals surface area contributed by atoms with Gasteiger partial charge in [0.2, 0.25) is 0 Å². The lowest BCUT2D eigenvalue weighted by atomic mass is 10.0. The summed E-state index contributed by atoms with van der Waals surface area (Å²) in [5, 5.41) is 0. The van der Waals surface area contributed by atoms with Gasteiger partial charge < -0.3 is 19.0 Å². The van der Waals surface area contributed by atoms with Gasteiger partial charge in [0.1, 0.15) is 18.5 Å². The molecule has 0 radical (unpaired) electrons. The molecule has 0 aliphatic carbocycles. The van der Waals surface area contributed by atoms with Crippen LogP contribution < -0.4 is 0 Å². The first-order valence-electron chi connectivity index (χ1n) is 4.50. The van der Waals surface area contributed by atoms with Crippen molar-refractivity contribution >= 4 is 6.29 Å². The highest BCUT2D eigenvalue weighted by Gasteiger charge is 2.52. The molecule has 0 aromatic rings. The van der Waals surface area contributed by atoms with Crippen molar-refractivity contribution in [1.82, 2.24) is 0 Å². The molecule has 0 N–H and O–H groups in total. The number of fused-ring (bicyclic) bond motifs is 1. The summed E-state index contributed by atoms with van der Waals surface area (Å²) in [5.74, 6) is -0.512. The second kappa shape index (κ2) is 2.77. The Hall–Kier alpha value is -0.450. The Bertz CT molecular complexity index is 226. The van der Waals surface area contributed by atoms with Crippen LogP contribution >= 0.6 is 0 Å². The van der Waals surface area contributed by atoms with Gasteiger partial charge in [-0.3, -0.25) is 0 Å². The lowest BCUT2D eigenvalue weighted by molar-refractivity contribution is -0.207. The zero-order chi connectivity index (χ0) is 9.64. The Labute approximate surface area is 77.1 Å². The van der Waals surface area contributed by atoms with E-state index in [4.69, 9.17) is 14.2 Å². The first-order chi connectivity index (χ1) is 6.03. The minimum absolute atomic E-state index is 0.0734. The molecule has 0 aromatic carbocycles. The van der Waals surface area contributed by atoms with E-state index in [-0.39, 0.29) is 24.4 Å². The van der Waals surface area contributed by atoms with Crippen molar-refractivity contribution < 1.29 is 19.0 Å². The van der Waals surface area contributed by atoms with Crippen molar-refractivity contribution in [2.75, 3.05) is 0 Å². The molecule has 0 amide bonds. The molecule has 2 fully saturated rings. The Kier molecular flexibility index (Phi) is 1.94. The van der Waals surface area contributed by atoms with Crippen LogP contribution in [0.3, 0.4) is 0 Å². The van der Waals surface area contributed by atoms with E-state index in [0.29, 0.717) is 0 Å². The van der Waals surface area contributed by atoms with Crippen molar-refractivity contribution in [2.45, 2.75) is 45.1 Å². The number of carbonyl (C=O) groups is 1. The van der Waals surface area contributed by atoms with Crippen LogP contribution in [-0.2, 0) is 19.0 Å². The van der Waals surface area contributed by atoms with Crippen LogP contribution in [0.1, 0.15) is 20.8 Å². The smallest absolute Gasteiger partial charge is 0.188 e. The van der Waals surface area contributed by atoms with Gasteiger partial charge in [-0.05, 0) is 13.8 Å². The summed E-state index contributed by atoms with van der Waals surface area (Å²) >= 11 is 0. The number of rotatable bonds is 1. The molecule has 13 heavy (non-hydrogen) atoms. The van der Waals surface area contributed by atoms with Crippen LogP contribution in [0.2, 0.25) is 0 Å². The fourth-order valence-corrected chi connectivity index (χ4v) is 1.84. The van der Waals surface area contributed by atoms with Crippen molar-refractivity contribution in [3.63, 3.8) is 0 Å². The lowest BCUT2D eigenvalue weighted by Gasteiger charge is -2.21. The molecular formula is C9H14O4. The van der Waals surface area contributed by atoms with Crippen LogP contribution in [0, 0.1) is 5.92 Å². The molecule has 74 valence electrons. The first kappa shape index (κ1) is 9.12. The van der Waals surface area contributed by atoms with Gasteiger partial charge in [0.15, 0.2) is 12.1 Å². The normalized spacial score (nSPS) is 47.6. The van der Waals surface area contributed by atoms with Crippen LogP contribution in [0.4, 0.5) is 0 Å². The third kappa shape index (κ3) is 1.39. The van der Waals surface area contributed by atoms with Crippen molar-refractivity contribution in [3.8, 4) is 0 Å². The topological polar surface area (TPSA) is 44.8 Å². The second-order valence-electron chi connectivity index (χ2n) is 4.06. The van der Waals surface area contributed by atoms with Crippen molar-refractivity contribution in [1.29, 1.82) is 0 Å². The molecule has 2 rings (SSSR count). The van der Waals surface area contributed by atoms with Crippen LogP contribution in [0.15, 0.2) is 0 Å². The van der Waals surface area contributed by atoms with Gasteiger partial charge in [0.05, 0.1) is 0 Å². The Morgan fingerprint density at radius 3 is 2.54 bits per heavy atom. The average molecular weight is 186 g/mol. The summed E-state index contributed by atoms with van der Waals surface area (Å²) in [5.41, 5.74) is 0. The Balaban J connectivity index is 2.11. The molecule has 4 heteroatoms. The van der Waals surface area contributed by atoms with Crippen LogP contribution in [0.25, 0.3) is 0 Å². The van der Waals surface area contributed by atoms with Gasteiger partial charge >= 0.3 is 0 Å². The number of hydrogen-bond acceptors (Lipinski definition) is 4. The van der Waals surface area contributed by atoms with E-state index in [1.165, 1.54) is 0 Å². The maximum Gasteiger partial charge on any atom is 0.188 e.